The largest absolute Gasteiger partial charge is 0.197 e. The van der Waals surface area contributed by atoms with Crippen molar-refractivity contribution in [2.24, 2.45) is 0 Å². The van der Waals surface area contributed by atoms with Gasteiger partial charge in [-0.3, -0.25) is 0 Å². The minimum Gasteiger partial charge on any atom is -0.197 e. The van der Waals surface area contributed by atoms with Crippen molar-refractivity contribution in [2.75, 3.05) is 0 Å². The van der Waals surface area contributed by atoms with Crippen LogP contribution in [0.4, 0.5) is 0 Å². The third kappa shape index (κ3) is 2.44. The molecule has 0 aromatic heterocycles. The van der Waals surface area contributed by atoms with Crippen molar-refractivity contribution < 1.29 is 0 Å². The van der Waals surface area contributed by atoms with E-state index in [1.165, 1.54) is 11.1 Å². The van der Waals surface area contributed by atoms with Gasteiger partial charge >= 0.3 is 0 Å². The first kappa shape index (κ1) is 9.57. The fourth-order valence-electron chi connectivity index (χ4n) is 0.824. The van der Waals surface area contributed by atoms with Crippen LogP contribution in [0.2, 0.25) is 0 Å². The van der Waals surface area contributed by atoms with E-state index >= 15 is 0 Å². The summed E-state index contributed by atoms with van der Waals surface area (Å²) >= 11 is 0. The molecule has 1 heteroatoms. The van der Waals surface area contributed by atoms with E-state index in [1.807, 2.05) is 0 Å². The van der Waals surface area contributed by atoms with Gasteiger partial charge in [-0.05, 0) is 18.9 Å². The highest BCUT2D eigenvalue weighted by molar-refractivity contribution is 7.59. The van der Waals surface area contributed by atoms with Gasteiger partial charge in [0.25, 0.3) is 0 Å². The normalized spacial score (nSPS) is 8.60. The summed E-state index contributed by atoms with van der Waals surface area (Å²) < 4.78 is 0. The molecule has 0 heterocycles. The van der Waals surface area contributed by atoms with Crippen LogP contribution in [0.3, 0.4) is 0 Å². The van der Waals surface area contributed by atoms with E-state index in [4.69, 9.17) is 0 Å². The quantitative estimate of drug-likeness (QED) is 0.583. The smallest absolute Gasteiger partial charge is 0.0307 e. The molecular formula is C9H14S. The van der Waals surface area contributed by atoms with Crippen molar-refractivity contribution >= 4 is 13.5 Å². The van der Waals surface area contributed by atoms with Crippen LogP contribution in [-0.2, 0) is 6.42 Å². The molecule has 0 atom stereocenters. The maximum atomic E-state index is 2.18. The molecule has 1 aromatic rings. The van der Waals surface area contributed by atoms with Gasteiger partial charge in [-0.15, -0.1) is 0 Å². The summed E-state index contributed by atoms with van der Waals surface area (Å²) in [5.41, 5.74) is 2.76. The van der Waals surface area contributed by atoms with E-state index in [0.717, 1.165) is 6.42 Å². The molecule has 0 aliphatic heterocycles. The molecule has 0 N–H and O–H groups in total. The number of aryl methyl sites for hydroxylation is 2. The first-order chi connectivity index (χ1) is 4.33. The number of hydrogen-bond acceptors (Lipinski definition) is 0. The van der Waals surface area contributed by atoms with Gasteiger partial charge < -0.3 is 0 Å². The Balaban J connectivity index is 0.000000810. The molecule has 56 valence electrons. The van der Waals surface area contributed by atoms with E-state index in [1.54, 1.807) is 0 Å². The molecule has 0 spiro atoms. The molecule has 10 heavy (non-hydrogen) atoms. The lowest BCUT2D eigenvalue weighted by Gasteiger charge is -1.94. The van der Waals surface area contributed by atoms with Crippen LogP contribution in [0.25, 0.3) is 0 Å². The van der Waals surface area contributed by atoms with Gasteiger partial charge in [0.1, 0.15) is 0 Å². The Kier molecular flexibility index (Phi) is 4.21. The Hall–Kier alpha value is -0.430. The van der Waals surface area contributed by atoms with Crippen LogP contribution >= 0.6 is 13.5 Å². The predicted molar refractivity (Wildman–Crippen MR) is 50.9 cm³/mol. The number of hydrogen-bond donors (Lipinski definition) is 0. The number of rotatable bonds is 1. The molecule has 0 nitrogen and oxygen atoms in total. The Morgan fingerprint density at radius 3 is 2.00 bits per heavy atom. The third-order valence-corrected chi connectivity index (χ3v) is 1.53. The molecule has 0 saturated heterocycles. The lowest BCUT2D eigenvalue weighted by atomic mass is 10.1. The molecule has 0 fully saturated rings. The molecular weight excluding hydrogens is 140 g/mol. The minimum absolute atomic E-state index is 0. The van der Waals surface area contributed by atoms with E-state index < -0.39 is 0 Å². The minimum atomic E-state index is 0. The molecule has 0 saturated carbocycles. The van der Waals surface area contributed by atoms with Crippen LogP contribution in [0, 0.1) is 6.92 Å². The first-order valence-electron chi connectivity index (χ1n) is 3.38. The fraction of sp³-hybridized carbons (Fsp3) is 0.333. The fourth-order valence-corrected chi connectivity index (χ4v) is 0.824. The predicted octanol–water partition coefficient (Wildman–Crippen LogP) is 2.67. The van der Waals surface area contributed by atoms with Crippen LogP contribution in [0.1, 0.15) is 18.1 Å². The van der Waals surface area contributed by atoms with Crippen molar-refractivity contribution in [1.82, 2.24) is 0 Å². The average molecular weight is 154 g/mol. The third-order valence-electron chi connectivity index (χ3n) is 1.53. The van der Waals surface area contributed by atoms with Crippen LogP contribution in [0.5, 0.6) is 0 Å². The average Bonchev–Trinajstić information content (AvgIpc) is 1.90. The monoisotopic (exact) mass is 154 g/mol. The molecule has 0 aliphatic rings. The summed E-state index contributed by atoms with van der Waals surface area (Å²) in [6.07, 6.45) is 1.14. The van der Waals surface area contributed by atoms with Gasteiger partial charge in [0, 0.05) is 0 Å². The van der Waals surface area contributed by atoms with Crippen molar-refractivity contribution in [2.45, 2.75) is 20.3 Å². The summed E-state index contributed by atoms with van der Waals surface area (Å²) in [5.74, 6) is 0. The standard InChI is InChI=1S/C9H12.H2S/c1-3-9-6-4-8(2)5-7-9;/h4-7H,3H2,1-2H3;1H2. The topological polar surface area (TPSA) is 0 Å². The van der Waals surface area contributed by atoms with Gasteiger partial charge in [-0.25, -0.2) is 0 Å². The Morgan fingerprint density at radius 2 is 1.60 bits per heavy atom. The summed E-state index contributed by atoms with van der Waals surface area (Å²) in [6, 6.07) is 8.66. The van der Waals surface area contributed by atoms with E-state index in [2.05, 4.69) is 38.1 Å². The number of benzene rings is 1. The van der Waals surface area contributed by atoms with E-state index in [-0.39, 0.29) is 13.5 Å². The summed E-state index contributed by atoms with van der Waals surface area (Å²) in [4.78, 5) is 0. The SMILES string of the molecule is CCc1ccc(C)cc1.S. The van der Waals surface area contributed by atoms with Crippen LogP contribution in [-0.4, -0.2) is 0 Å². The molecule has 0 unspecified atom stereocenters. The van der Waals surface area contributed by atoms with Gasteiger partial charge in [-0.2, -0.15) is 13.5 Å². The van der Waals surface area contributed by atoms with Crippen molar-refractivity contribution in [3.05, 3.63) is 35.4 Å². The Labute approximate surface area is 69.7 Å². The second-order valence-corrected chi connectivity index (χ2v) is 2.34. The zero-order valence-electron chi connectivity index (χ0n) is 6.52. The lowest BCUT2D eigenvalue weighted by molar-refractivity contribution is 1.14. The highest BCUT2D eigenvalue weighted by atomic mass is 32.1. The molecule has 0 bridgehead atoms. The zero-order valence-corrected chi connectivity index (χ0v) is 7.52. The van der Waals surface area contributed by atoms with Gasteiger partial charge in [-0.1, -0.05) is 36.8 Å². The van der Waals surface area contributed by atoms with Gasteiger partial charge in [0.15, 0.2) is 0 Å². The van der Waals surface area contributed by atoms with E-state index in [9.17, 15) is 0 Å². The summed E-state index contributed by atoms with van der Waals surface area (Å²) in [7, 11) is 0. The molecule has 1 rings (SSSR count). The van der Waals surface area contributed by atoms with Crippen molar-refractivity contribution in [3.8, 4) is 0 Å². The van der Waals surface area contributed by atoms with Gasteiger partial charge in [0.05, 0.1) is 0 Å². The lowest BCUT2D eigenvalue weighted by Crippen LogP contribution is -1.77. The first-order valence-corrected chi connectivity index (χ1v) is 3.38. The summed E-state index contributed by atoms with van der Waals surface area (Å²) in [6.45, 7) is 4.28. The molecule has 0 radical (unpaired) electrons. The van der Waals surface area contributed by atoms with Crippen molar-refractivity contribution in [3.63, 3.8) is 0 Å². The maximum absolute atomic E-state index is 2.18. The highest BCUT2D eigenvalue weighted by Crippen LogP contribution is 2.02. The van der Waals surface area contributed by atoms with Gasteiger partial charge in [0.2, 0.25) is 0 Å². The Morgan fingerprint density at radius 1 is 1.10 bits per heavy atom. The van der Waals surface area contributed by atoms with Crippen LogP contribution in [0.15, 0.2) is 24.3 Å². The highest BCUT2D eigenvalue weighted by Gasteiger charge is 1.84. The zero-order chi connectivity index (χ0) is 6.69. The van der Waals surface area contributed by atoms with Crippen LogP contribution < -0.4 is 0 Å². The maximum Gasteiger partial charge on any atom is -0.0307 e. The van der Waals surface area contributed by atoms with Crippen molar-refractivity contribution in [1.29, 1.82) is 0 Å². The Bertz CT molecular complexity index is 176. The second-order valence-electron chi connectivity index (χ2n) is 2.34. The molecule has 0 aliphatic carbocycles. The second kappa shape index (κ2) is 4.40. The molecule has 1 aromatic carbocycles. The molecule has 0 amide bonds. The van der Waals surface area contributed by atoms with E-state index in [0.29, 0.717) is 0 Å². The summed E-state index contributed by atoms with van der Waals surface area (Å²) in [5, 5.41) is 0.